The highest BCUT2D eigenvalue weighted by atomic mass is 16.5. The van der Waals surface area contributed by atoms with Crippen LogP contribution in [0, 0.1) is 5.92 Å². The summed E-state index contributed by atoms with van der Waals surface area (Å²) >= 11 is 0. The van der Waals surface area contributed by atoms with Gasteiger partial charge in [-0.1, -0.05) is 6.92 Å². The van der Waals surface area contributed by atoms with Crippen molar-refractivity contribution < 1.29 is 30.0 Å². The van der Waals surface area contributed by atoms with Gasteiger partial charge in [0.25, 0.3) is 0 Å². The first-order valence-electron chi connectivity index (χ1n) is 5.46. The fourth-order valence-corrected chi connectivity index (χ4v) is 1.92. The van der Waals surface area contributed by atoms with E-state index in [2.05, 4.69) is 5.32 Å². The van der Waals surface area contributed by atoms with E-state index < -0.39 is 43.0 Å². The summed E-state index contributed by atoms with van der Waals surface area (Å²) in [6, 6.07) is 0. The average molecular weight is 249 g/mol. The van der Waals surface area contributed by atoms with E-state index in [9.17, 15) is 20.1 Å². The molecule has 6 atom stereocenters. The van der Waals surface area contributed by atoms with Crippen LogP contribution in [0.25, 0.3) is 0 Å². The van der Waals surface area contributed by atoms with Crippen molar-refractivity contribution in [3.05, 3.63) is 0 Å². The molecule has 1 aliphatic heterocycles. The van der Waals surface area contributed by atoms with Gasteiger partial charge in [0.15, 0.2) is 0 Å². The van der Waals surface area contributed by atoms with Crippen molar-refractivity contribution >= 4 is 5.91 Å². The molecule has 1 amide bonds. The van der Waals surface area contributed by atoms with Gasteiger partial charge in [0.1, 0.15) is 24.4 Å². The highest BCUT2D eigenvalue weighted by Crippen LogP contribution is 2.25. The molecule has 0 aromatic rings. The average Bonchev–Trinajstić information content (AvgIpc) is 2.34. The van der Waals surface area contributed by atoms with Crippen LogP contribution < -0.4 is 5.32 Å². The molecule has 17 heavy (non-hydrogen) atoms. The van der Waals surface area contributed by atoms with Crippen LogP contribution in [0.1, 0.15) is 6.92 Å². The van der Waals surface area contributed by atoms with Crippen LogP contribution in [-0.4, -0.2) is 70.5 Å². The standard InChI is InChI=1S/C10H19NO6/c1-4(10(16)11-2)9-8(15)7(14)6(13)5(3-12)17-9/h4-9,12-15H,3H2,1-2H3,(H,11,16)/t4?,5-,6-,7+,8+,9?/m1/s1. The summed E-state index contributed by atoms with van der Waals surface area (Å²) in [6.07, 6.45) is -6.17. The Kier molecular flexibility index (Phi) is 4.84. The largest absolute Gasteiger partial charge is 0.394 e. The number of carbonyl (C=O) groups excluding carboxylic acids is 1. The van der Waals surface area contributed by atoms with Crippen molar-refractivity contribution in [2.75, 3.05) is 13.7 Å². The van der Waals surface area contributed by atoms with E-state index in [1.807, 2.05) is 0 Å². The molecule has 0 bridgehead atoms. The zero-order valence-electron chi connectivity index (χ0n) is 9.78. The van der Waals surface area contributed by atoms with E-state index in [1.165, 1.54) is 14.0 Å². The molecule has 5 N–H and O–H groups in total. The number of carbonyl (C=O) groups is 1. The van der Waals surface area contributed by atoms with E-state index in [-0.39, 0.29) is 5.91 Å². The molecule has 1 aliphatic rings. The van der Waals surface area contributed by atoms with E-state index in [0.717, 1.165) is 0 Å². The Labute approximate surface area is 99.0 Å². The molecular weight excluding hydrogens is 230 g/mol. The third-order valence-electron chi connectivity index (χ3n) is 3.08. The maximum absolute atomic E-state index is 11.4. The van der Waals surface area contributed by atoms with Gasteiger partial charge in [-0.2, -0.15) is 0 Å². The smallest absolute Gasteiger partial charge is 0.225 e. The predicted octanol–water partition coefficient (Wildman–Crippen LogP) is -2.79. The van der Waals surface area contributed by atoms with Crippen LogP contribution >= 0.6 is 0 Å². The molecule has 0 radical (unpaired) electrons. The lowest BCUT2D eigenvalue weighted by molar-refractivity contribution is -0.238. The number of nitrogens with one attached hydrogen (secondary N) is 1. The molecule has 1 fully saturated rings. The van der Waals surface area contributed by atoms with Crippen molar-refractivity contribution in [1.29, 1.82) is 0 Å². The third-order valence-corrected chi connectivity index (χ3v) is 3.08. The van der Waals surface area contributed by atoms with Gasteiger partial charge in [0.05, 0.1) is 18.6 Å². The molecule has 2 unspecified atom stereocenters. The van der Waals surface area contributed by atoms with Crippen LogP contribution in [0.3, 0.4) is 0 Å². The summed E-state index contributed by atoms with van der Waals surface area (Å²) in [6.45, 7) is 1.04. The van der Waals surface area contributed by atoms with Gasteiger partial charge in [-0.3, -0.25) is 4.79 Å². The predicted molar refractivity (Wildman–Crippen MR) is 57.0 cm³/mol. The van der Waals surface area contributed by atoms with Crippen molar-refractivity contribution in [2.45, 2.75) is 37.4 Å². The maximum Gasteiger partial charge on any atom is 0.225 e. The minimum absolute atomic E-state index is 0.352. The fourth-order valence-electron chi connectivity index (χ4n) is 1.92. The topological polar surface area (TPSA) is 119 Å². The monoisotopic (exact) mass is 249 g/mol. The van der Waals surface area contributed by atoms with Crippen LogP contribution in [0.2, 0.25) is 0 Å². The quantitative estimate of drug-likeness (QED) is 0.369. The lowest BCUT2D eigenvalue weighted by atomic mass is 9.88. The first-order chi connectivity index (χ1) is 7.93. The highest BCUT2D eigenvalue weighted by Gasteiger charge is 2.46. The zero-order valence-corrected chi connectivity index (χ0v) is 9.78. The van der Waals surface area contributed by atoms with Gasteiger partial charge in [-0.15, -0.1) is 0 Å². The number of rotatable bonds is 3. The number of hydrogen-bond acceptors (Lipinski definition) is 6. The van der Waals surface area contributed by atoms with Crippen molar-refractivity contribution in [1.82, 2.24) is 5.32 Å². The van der Waals surface area contributed by atoms with Crippen LogP contribution in [0.5, 0.6) is 0 Å². The molecule has 0 aliphatic carbocycles. The number of ether oxygens (including phenoxy) is 1. The lowest BCUT2D eigenvalue weighted by Gasteiger charge is -2.41. The summed E-state index contributed by atoms with van der Waals surface area (Å²) < 4.78 is 5.24. The van der Waals surface area contributed by atoms with Gasteiger partial charge in [0.2, 0.25) is 5.91 Å². The summed E-state index contributed by atoms with van der Waals surface area (Å²) in [5.41, 5.74) is 0. The second-order valence-corrected chi connectivity index (χ2v) is 4.20. The second-order valence-electron chi connectivity index (χ2n) is 4.20. The number of hydrogen-bond donors (Lipinski definition) is 5. The molecule has 100 valence electrons. The third kappa shape index (κ3) is 2.75. The van der Waals surface area contributed by atoms with Crippen molar-refractivity contribution in [2.24, 2.45) is 5.92 Å². The molecule has 1 saturated heterocycles. The summed E-state index contributed by atoms with van der Waals surface area (Å²) in [7, 11) is 1.45. The molecule has 0 aromatic heterocycles. The van der Waals surface area contributed by atoms with E-state index in [1.54, 1.807) is 0 Å². The first-order valence-corrected chi connectivity index (χ1v) is 5.46. The van der Waals surface area contributed by atoms with Crippen LogP contribution in [0.4, 0.5) is 0 Å². The van der Waals surface area contributed by atoms with Gasteiger partial charge in [-0.25, -0.2) is 0 Å². The SMILES string of the molecule is CNC(=O)C(C)C1O[C@H](CO)[C@@H](O)[C@H](O)[C@@H]1O. The fraction of sp³-hybridized carbons (Fsp3) is 0.900. The molecule has 1 heterocycles. The Morgan fingerprint density at radius 1 is 1.29 bits per heavy atom. The molecule has 1 rings (SSSR count). The molecule has 7 nitrogen and oxygen atoms in total. The summed E-state index contributed by atoms with van der Waals surface area (Å²) in [5.74, 6) is -1.06. The second kappa shape index (κ2) is 5.74. The normalized spacial score (nSPS) is 39.8. The Morgan fingerprint density at radius 2 is 1.88 bits per heavy atom. The minimum atomic E-state index is -1.45. The number of aliphatic hydroxyl groups is 4. The van der Waals surface area contributed by atoms with E-state index in [0.29, 0.717) is 0 Å². The van der Waals surface area contributed by atoms with Gasteiger partial charge in [-0.05, 0) is 0 Å². The lowest BCUT2D eigenvalue weighted by Crippen LogP contribution is -2.61. The Bertz CT molecular complexity index is 272. The maximum atomic E-state index is 11.4. The van der Waals surface area contributed by atoms with Crippen LogP contribution in [0.15, 0.2) is 0 Å². The summed E-state index contributed by atoms with van der Waals surface area (Å²) in [4.78, 5) is 11.4. The minimum Gasteiger partial charge on any atom is -0.394 e. The zero-order chi connectivity index (χ0) is 13.2. The Morgan fingerprint density at radius 3 is 2.35 bits per heavy atom. The van der Waals surface area contributed by atoms with Crippen molar-refractivity contribution in [3.63, 3.8) is 0 Å². The number of amides is 1. The Hall–Kier alpha value is -0.730. The van der Waals surface area contributed by atoms with Gasteiger partial charge in [0, 0.05) is 7.05 Å². The highest BCUT2D eigenvalue weighted by molar-refractivity contribution is 5.78. The van der Waals surface area contributed by atoms with E-state index >= 15 is 0 Å². The Balaban J connectivity index is 2.81. The van der Waals surface area contributed by atoms with Crippen molar-refractivity contribution in [3.8, 4) is 0 Å². The molecule has 0 saturated carbocycles. The molecular formula is C10H19NO6. The van der Waals surface area contributed by atoms with Crippen LogP contribution in [-0.2, 0) is 9.53 Å². The van der Waals surface area contributed by atoms with E-state index in [4.69, 9.17) is 9.84 Å². The number of aliphatic hydroxyl groups excluding tert-OH is 4. The summed E-state index contributed by atoms with van der Waals surface area (Å²) in [5, 5.41) is 40.2. The molecule has 0 spiro atoms. The molecule has 0 aromatic carbocycles. The van der Waals surface area contributed by atoms with Gasteiger partial charge < -0.3 is 30.5 Å². The molecule has 7 heteroatoms. The van der Waals surface area contributed by atoms with Gasteiger partial charge >= 0.3 is 0 Å². The first kappa shape index (κ1) is 14.3.